The Labute approximate surface area is 151 Å². The van der Waals surface area contributed by atoms with Gasteiger partial charge in [-0.1, -0.05) is 23.7 Å². The van der Waals surface area contributed by atoms with Crippen LogP contribution in [0.1, 0.15) is 18.5 Å². The third-order valence-electron chi connectivity index (χ3n) is 3.54. The van der Waals surface area contributed by atoms with Crippen LogP contribution in [0.2, 0.25) is 5.02 Å². The minimum Gasteiger partial charge on any atom is -0.493 e. The van der Waals surface area contributed by atoms with Crippen LogP contribution >= 0.6 is 11.6 Å². The SMILES string of the molecule is COc1ccc(C(C)NC(=O)C(=O)Nc2cccc(Cl)c2)cc1OC. The summed E-state index contributed by atoms with van der Waals surface area (Å²) in [6, 6.07) is 11.5. The first-order valence-electron chi connectivity index (χ1n) is 7.54. The molecule has 0 aliphatic carbocycles. The van der Waals surface area contributed by atoms with Gasteiger partial charge in [-0.25, -0.2) is 0 Å². The lowest BCUT2D eigenvalue weighted by molar-refractivity contribution is -0.136. The third-order valence-corrected chi connectivity index (χ3v) is 3.78. The smallest absolute Gasteiger partial charge is 0.313 e. The average molecular weight is 363 g/mol. The number of hydrogen-bond acceptors (Lipinski definition) is 4. The number of rotatable bonds is 5. The van der Waals surface area contributed by atoms with E-state index in [9.17, 15) is 9.59 Å². The zero-order chi connectivity index (χ0) is 18.4. The van der Waals surface area contributed by atoms with Gasteiger partial charge >= 0.3 is 11.8 Å². The number of hydrogen-bond donors (Lipinski definition) is 2. The van der Waals surface area contributed by atoms with Crippen LogP contribution in [0.25, 0.3) is 0 Å². The van der Waals surface area contributed by atoms with Crippen LogP contribution in [0.15, 0.2) is 42.5 Å². The molecule has 0 bridgehead atoms. The molecule has 25 heavy (non-hydrogen) atoms. The zero-order valence-corrected chi connectivity index (χ0v) is 14.9. The second-order valence-electron chi connectivity index (χ2n) is 5.27. The molecule has 2 rings (SSSR count). The topological polar surface area (TPSA) is 76.7 Å². The van der Waals surface area contributed by atoms with Crippen LogP contribution in [0, 0.1) is 0 Å². The van der Waals surface area contributed by atoms with E-state index in [0.29, 0.717) is 22.2 Å². The Morgan fingerprint density at radius 2 is 1.72 bits per heavy atom. The summed E-state index contributed by atoms with van der Waals surface area (Å²) in [6.45, 7) is 1.77. The summed E-state index contributed by atoms with van der Waals surface area (Å²) in [4.78, 5) is 24.1. The van der Waals surface area contributed by atoms with Crippen molar-refractivity contribution in [2.24, 2.45) is 0 Å². The van der Waals surface area contributed by atoms with E-state index in [1.165, 1.54) is 7.11 Å². The van der Waals surface area contributed by atoms with Gasteiger partial charge in [0.05, 0.1) is 20.3 Å². The number of methoxy groups -OCH3 is 2. The van der Waals surface area contributed by atoms with Gasteiger partial charge < -0.3 is 20.1 Å². The second kappa shape index (κ2) is 8.39. The molecule has 0 spiro atoms. The van der Waals surface area contributed by atoms with Crippen molar-refractivity contribution in [1.82, 2.24) is 5.32 Å². The van der Waals surface area contributed by atoms with Gasteiger partial charge in [0.25, 0.3) is 0 Å². The first-order valence-corrected chi connectivity index (χ1v) is 7.91. The standard InChI is InChI=1S/C18H19ClN2O4/c1-11(12-7-8-15(24-2)16(9-12)25-3)20-17(22)18(23)21-14-6-4-5-13(19)10-14/h4-11H,1-3H3,(H,20,22)(H,21,23). The monoisotopic (exact) mass is 362 g/mol. The van der Waals surface area contributed by atoms with Gasteiger partial charge in [-0.05, 0) is 42.8 Å². The van der Waals surface area contributed by atoms with Crippen molar-refractivity contribution >= 4 is 29.1 Å². The molecule has 0 heterocycles. The predicted molar refractivity (Wildman–Crippen MR) is 96.2 cm³/mol. The molecule has 0 radical (unpaired) electrons. The largest absolute Gasteiger partial charge is 0.493 e. The third kappa shape index (κ3) is 4.87. The van der Waals surface area contributed by atoms with Crippen molar-refractivity contribution in [3.8, 4) is 11.5 Å². The quantitative estimate of drug-likeness (QED) is 0.801. The van der Waals surface area contributed by atoms with Crippen molar-refractivity contribution < 1.29 is 19.1 Å². The number of amides is 2. The van der Waals surface area contributed by atoms with Crippen LogP contribution in [0.5, 0.6) is 11.5 Å². The summed E-state index contributed by atoms with van der Waals surface area (Å²) in [6.07, 6.45) is 0. The molecular formula is C18H19ClN2O4. The second-order valence-corrected chi connectivity index (χ2v) is 5.71. The Balaban J connectivity index is 2.03. The molecule has 1 atom stereocenters. The molecule has 2 amide bonds. The van der Waals surface area contributed by atoms with E-state index in [-0.39, 0.29) is 0 Å². The van der Waals surface area contributed by atoms with Crippen molar-refractivity contribution in [3.05, 3.63) is 53.1 Å². The molecule has 0 aliphatic heterocycles. The number of carbonyl (C=O) groups is 2. The number of ether oxygens (including phenoxy) is 2. The molecule has 0 aliphatic rings. The van der Waals surface area contributed by atoms with Gasteiger partial charge in [-0.3, -0.25) is 9.59 Å². The fraction of sp³-hybridized carbons (Fsp3) is 0.222. The summed E-state index contributed by atoms with van der Waals surface area (Å²) in [5.74, 6) is -0.384. The van der Waals surface area contributed by atoms with Crippen LogP contribution in [0.3, 0.4) is 0 Å². The number of nitrogens with one attached hydrogen (secondary N) is 2. The Hall–Kier alpha value is -2.73. The van der Waals surface area contributed by atoms with Crippen LogP contribution in [-0.4, -0.2) is 26.0 Å². The molecule has 0 aromatic heterocycles. The lowest BCUT2D eigenvalue weighted by atomic mass is 10.1. The van der Waals surface area contributed by atoms with Crippen molar-refractivity contribution in [2.75, 3.05) is 19.5 Å². The summed E-state index contributed by atoms with van der Waals surface area (Å²) in [7, 11) is 3.08. The van der Waals surface area contributed by atoms with E-state index in [1.54, 1.807) is 56.5 Å². The van der Waals surface area contributed by atoms with E-state index < -0.39 is 17.9 Å². The maximum atomic E-state index is 12.1. The number of carbonyl (C=O) groups excluding carboxylic acids is 2. The van der Waals surface area contributed by atoms with Crippen molar-refractivity contribution in [2.45, 2.75) is 13.0 Å². The minimum absolute atomic E-state index is 0.391. The molecule has 0 saturated carbocycles. The highest BCUT2D eigenvalue weighted by Gasteiger charge is 2.18. The summed E-state index contributed by atoms with van der Waals surface area (Å²) < 4.78 is 10.4. The summed E-state index contributed by atoms with van der Waals surface area (Å²) in [5, 5.41) is 5.61. The van der Waals surface area contributed by atoms with Crippen molar-refractivity contribution in [1.29, 1.82) is 0 Å². The highest BCUT2D eigenvalue weighted by molar-refractivity contribution is 6.40. The highest BCUT2D eigenvalue weighted by Crippen LogP contribution is 2.29. The van der Waals surface area contributed by atoms with E-state index in [4.69, 9.17) is 21.1 Å². The minimum atomic E-state index is -0.769. The predicted octanol–water partition coefficient (Wildman–Crippen LogP) is 3.17. The van der Waals surface area contributed by atoms with Crippen LogP contribution < -0.4 is 20.1 Å². The average Bonchev–Trinajstić information content (AvgIpc) is 2.60. The normalized spacial score (nSPS) is 11.4. The maximum absolute atomic E-state index is 12.1. The lowest BCUT2D eigenvalue weighted by Gasteiger charge is -2.16. The molecule has 0 fully saturated rings. The number of benzene rings is 2. The van der Waals surface area contributed by atoms with E-state index >= 15 is 0 Å². The van der Waals surface area contributed by atoms with E-state index in [2.05, 4.69) is 10.6 Å². The van der Waals surface area contributed by atoms with Gasteiger partial charge in [0.2, 0.25) is 0 Å². The zero-order valence-electron chi connectivity index (χ0n) is 14.1. The molecule has 1 unspecified atom stereocenters. The number of halogens is 1. The number of anilines is 1. The Morgan fingerprint density at radius 3 is 2.36 bits per heavy atom. The van der Waals surface area contributed by atoms with Crippen LogP contribution in [0.4, 0.5) is 5.69 Å². The van der Waals surface area contributed by atoms with Gasteiger partial charge in [-0.2, -0.15) is 0 Å². The molecule has 7 heteroatoms. The Kier molecular flexibility index (Phi) is 6.25. The van der Waals surface area contributed by atoms with Gasteiger partial charge in [0.15, 0.2) is 11.5 Å². The van der Waals surface area contributed by atoms with E-state index in [0.717, 1.165) is 5.56 Å². The van der Waals surface area contributed by atoms with Gasteiger partial charge in [0, 0.05) is 10.7 Å². The molecule has 2 N–H and O–H groups in total. The fourth-order valence-corrected chi connectivity index (χ4v) is 2.41. The first-order chi connectivity index (χ1) is 11.9. The Bertz CT molecular complexity index is 779. The molecule has 0 saturated heterocycles. The Morgan fingerprint density at radius 1 is 1.00 bits per heavy atom. The summed E-state index contributed by atoms with van der Waals surface area (Å²) >= 11 is 5.85. The first kappa shape index (κ1) is 18.6. The molecular weight excluding hydrogens is 344 g/mol. The fourth-order valence-electron chi connectivity index (χ4n) is 2.22. The summed E-state index contributed by atoms with van der Waals surface area (Å²) in [5.41, 5.74) is 1.23. The molecule has 2 aromatic rings. The van der Waals surface area contributed by atoms with Crippen LogP contribution in [-0.2, 0) is 9.59 Å². The molecule has 6 nitrogen and oxygen atoms in total. The highest BCUT2D eigenvalue weighted by atomic mass is 35.5. The molecule has 132 valence electrons. The lowest BCUT2D eigenvalue weighted by Crippen LogP contribution is -2.36. The molecule has 2 aromatic carbocycles. The van der Waals surface area contributed by atoms with Crippen molar-refractivity contribution in [3.63, 3.8) is 0 Å². The van der Waals surface area contributed by atoms with Gasteiger partial charge in [0.1, 0.15) is 0 Å². The van der Waals surface area contributed by atoms with E-state index in [1.807, 2.05) is 0 Å². The van der Waals surface area contributed by atoms with Gasteiger partial charge in [-0.15, -0.1) is 0 Å². The maximum Gasteiger partial charge on any atom is 0.313 e.